The van der Waals surface area contributed by atoms with Gasteiger partial charge in [0, 0.05) is 18.3 Å². The Balaban J connectivity index is 1.74. The first-order valence-electron chi connectivity index (χ1n) is 7.86. The van der Waals surface area contributed by atoms with E-state index < -0.39 is 0 Å². The summed E-state index contributed by atoms with van der Waals surface area (Å²) in [6, 6.07) is 17.8. The van der Waals surface area contributed by atoms with Gasteiger partial charge in [-0.1, -0.05) is 60.2 Å². The SMILES string of the molecule is Cc1ccc(-c2ncc(C(=O)NCc3ccccc3)c(C)n2)cc1. The normalized spacial score (nSPS) is 10.4. The molecule has 0 fully saturated rings. The van der Waals surface area contributed by atoms with Crippen LogP contribution >= 0.6 is 0 Å². The van der Waals surface area contributed by atoms with Crippen molar-refractivity contribution in [3.63, 3.8) is 0 Å². The van der Waals surface area contributed by atoms with Crippen LogP contribution in [0.15, 0.2) is 60.8 Å². The molecule has 0 spiro atoms. The van der Waals surface area contributed by atoms with Crippen LogP contribution in [-0.4, -0.2) is 15.9 Å². The number of nitrogens with one attached hydrogen (secondary N) is 1. The molecule has 0 radical (unpaired) electrons. The van der Waals surface area contributed by atoms with Gasteiger partial charge in [0.2, 0.25) is 0 Å². The number of hydrogen-bond donors (Lipinski definition) is 1. The molecule has 1 aromatic heterocycles. The van der Waals surface area contributed by atoms with Gasteiger partial charge in [-0.3, -0.25) is 4.79 Å². The van der Waals surface area contributed by atoms with E-state index in [2.05, 4.69) is 15.3 Å². The number of amides is 1. The summed E-state index contributed by atoms with van der Waals surface area (Å²) in [7, 11) is 0. The Bertz CT molecular complexity index is 843. The largest absolute Gasteiger partial charge is 0.348 e. The van der Waals surface area contributed by atoms with Gasteiger partial charge in [0.05, 0.1) is 11.3 Å². The molecule has 24 heavy (non-hydrogen) atoms. The van der Waals surface area contributed by atoms with Crippen molar-refractivity contribution in [3.05, 3.63) is 83.2 Å². The smallest absolute Gasteiger partial charge is 0.254 e. The number of hydrogen-bond acceptors (Lipinski definition) is 3. The molecule has 120 valence electrons. The molecule has 0 saturated carbocycles. The van der Waals surface area contributed by atoms with Crippen LogP contribution in [-0.2, 0) is 6.54 Å². The van der Waals surface area contributed by atoms with Gasteiger partial charge in [0.25, 0.3) is 5.91 Å². The molecule has 1 N–H and O–H groups in total. The van der Waals surface area contributed by atoms with Crippen molar-refractivity contribution in [2.75, 3.05) is 0 Å². The van der Waals surface area contributed by atoms with E-state index in [9.17, 15) is 4.79 Å². The minimum Gasteiger partial charge on any atom is -0.348 e. The molecule has 1 amide bonds. The second kappa shape index (κ2) is 7.04. The van der Waals surface area contributed by atoms with Crippen LogP contribution in [0.4, 0.5) is 0 Å². The van der Waals surface area contributed by atoms with E-state index in [1.807, 2.05) is 68.4 Å². The molecular weight excluding hydrogens is 298 g/mol. The van der Waals surface area contributed by atoms with E-state index >= 15 is 0 Å². The van der Waals surface area contributed by atoms with Crippen molar-refractivity contribution in [2.24, 2.45) is 0 Å². The molecule has 0 aliphatic rings. The van der Waals surface area contributed by atoms with Crippen LogP contribution in [0.25, 0.3) is 11.4 Å². The van der Waals surface area contributed by atoms with Crippen molar-refractivity contribution in [3.8, 4) is 11.4 Å². The van der Waals surface area contributed by atoms with E-state index in [4.69, 9.17) is 0 Å². The van der Waals surface area contributed by atoms with Gasteiger partial charge in [-0.05, 0) is 19.4 Å². The van der Waals surface area contributed by atoms with Crippen LogP contribution < -0.4 is 5.32 Å². The lowest BCUT2D eigenvalue weighted by molar-refractivity contribution is 0.0949. The second-order valence-corrected chi connectivity index (χ2v) is 5.73. The summed E-state index contributed by atoms with van der Waals surface area (Å²) in [5.41, 5.74) is 4.36. The van der Waals surface area contributed by atoms with Gasteiger partial charge in [-0.2, -0.15) is 0 Å². The topological polar surface area (TPSA) is 54.9 Å². The van der Waals surface area contributed by atoms with Crippen molar-refractivity contribution in [1.29, 1.82) is 0 Å². The Morgan fingerprint density at radius 1 is 1.00 bits per heavy atom. The first kappa shape index (κ1) is 15.9. The zero-order valence-corrected chi connectivity index (χ0v) is 13.8. The molecule has 0 unspecified atom stereocenters. The Morgan fingerprint density at radius 3 is 2.38 bits per heavy atom. The molecule has 2 aromatic carbocycles. The third-order valence-corrected chi connectivity index (χ3v) is 3.83. The van der Waals surface area contributed by atoms with Gasteiger partial charge in [0.1, 0.15) is 0 Å². The molecule has 3 rings (SSSR count). The van der Waals surface area contributed by atoms with Crippen LogP contribution in [0.1, 0.15) is 27.2 Å². The minimum atomic E-state index is -0.160. The zero-order chi connectivity index (χ0) is 16.9. The van der Waals surface area contributed by atoms with Gasteiger partial charge in [0.15, 0.2) is 5.82 Å². The fraction of sp³-hybridized carbons (Fsp3) is 0.150. The van der Waals surface area contributed by atoms with E-state index in [1.165, 1.54) is 5.56 Å². The molecule has 0 aliphatic heterocycles. The summed E-state index contributed by atoms with van der Waals surface area (Å²) in [6.45, 7) is 4.35. The van der Waals surface area contributed by atoms with Gasteiger partial charge >= 0.3 is 0 Å². The maximum absolute atomic E-state index is 12.3. The number of carbonyl (C=O) groups excluding carboxylic acids is 1. The summed E-state index contributed by atoms with van der Waals surface area (Å²) < 4.78 is 0. The van der Waals surface area contributed by atoms with Crippen molar-refractivity contribution >= 4 is 5.91 Å². The highest BCUT2D eigenvalue weighted by molar-refractivity contribution is 5.95. The minimum absolute atomic E-state index is 0.160. The van der Waals surface area contributed by atoms with E-state index in [0.717, 1.165) is 11.1 Å². The summed E-state index contributed by atoms with van der Waals surface area (Å²) >= 11 is 0. The first-order valence-corrected chi connectivity index (χ1v) is 7.86. The number of benzene rings is 2. The molecular formula is C20H19N3O. The third-order valence-electron chi connectivity index (χ3n) is 3.83. The second-order valence-electron chi connectivity index (χ2n) is 5.73. The Labute approximate surface area is 141 Å². The average molecular weight is 317 g/mol. The van der Waals surface area contributed by atoms with Gasteiger partial charge in [-0.25, -0.2) is 9.97 Å². The molecule has 0 atom stereocenters. The summed E-state index contributed by atoms with van der Waals surface area (Å²) in [6.07, 6.45) is 1.60. The van der Waals surface area contributed by atoms with Gasteiger partial charge < -0.3 is 5.32 Å². The molecule has 0 bridgehead atoms. The van der Waals surface area contributed by atoms with Crippen LogP contribution in [0.5, 0.6) is 0 Å². The maximum atomic E-state index is 12.3. The highest BCUT2D eigenvalue weighted by Crippen LogP contribution is 2.17. The Morgan fingerprint density at radius 2 is 1.71 bits per heavy atom. The summed E-state index contributed by atoms with van der Waals surface area (Å²) in [4.78, 5) is 21.2. The lowest BCUT2D eigenvalue weighted by Gasteiger charge is -2.08. The van der Waals surface area contributed by atoms with Crippen LogP contribution in [0, 0.1) is 13.8 Å². The molecule has 0 aliphatic carbocycles. The third kappa shape index (κ3) is 3.66. The number of rotatable bonds is 4. The van der Waals surface area contributed by atoms with E-state index in [0.29, 0.717) is 23.6 Å². The number of aromatic nitrogens is 2. The molecule has 3 aromatic rings. The fourth-order valence-corrected chi connectivity index (χ4v) is 2.41. The predicted molar refractivity (Wildman–Crippen MR) is 94.6 cm³/mol. The molecule has 1 heterocycles. The van der Waals surface area contributed by atoms with Crippen LogP contribution in [0.2, 0.25) is 0 Å². The lowest BCUT2D eigenvalue weighted by atomic mass is 10.1. The molecule has 4 heteroatoms. The van der Waals surface area contributed by atoms with Crippen molar-refractivity contribution in [1.82, 2.24) is 15.3 Å². The monoisotopic (exact) mass is 317 g/mol. The lowest BCUT2D eigenvalue weighted by Crippen LogP contribution is -2.24. The van der Waals surface area contributed by atoms with Crippen LogP contribution in [0.3, 0.4) is 0 Å². The fourth-order valence-electron chi connectivity index (χ4n) is 2.41. The zero-order valence-electron chi connectivity index (χ0n) is 13.8. The highest BCUT2D eigenvalue weighted by atomic mass is 16.1. The number of aryl methyl sites for hydroxylation is 2. The number of carbonyl (C=O) groups is 1. The molecule has 4 nitrogen and oxygen atoms in total. The van der Waals surface area contributed by atoms with Gasteiger partial charge in [-0.15, -0.1) is 0 Å². The number of nitrogens with zero attached hydrogens (tertiary/aromatic N) is 2. The maximum Gasteiger partial charge on any atom is 0.254 e. The Kier molecular flexibility index (Phi) is 4.66. The predicted octanol–water partition coefficient (Wildman–Crippen LogP) is 3.69. The van der Waals surface area contributed by atoms with E-state index in [-0.39, 0.29) is 5.91 Å². The highest BCUT2D eigenvalue weighted by Gasteiger charge is 2.12. The summed E-state index contributed by atoms with van der Waals surface area (Å²) in [5, 5.41) is 2.90. The average Bonchev–Trinajstić information content (AvgIpc) is 2.61. The first-order chi connectivity index (χ1) is 11.6. The van der Waals surface area contributed by atoms with E-state index in [1.54, 1.807) is 6.20 Å². The van der Waals surface area contributed by atoms with Crippen molar-refractivity contribution in [2.45, 2.75) is 20.4 Å². The summed E-state index contributed by atoms with van der Waals surface area (Å²) in [5.74, 6) is 0.471. The standard InChI is InChI=1S/C20H19N3O/c1-14-8-10-17(11-9-14)19-21-13-18(15(2)23-19)20(24)22-12-16-6-4-3-5-7-16/h3-11,13H,12H2,1-2H3,(H,22,24). The Hall–Kier alpha value is -3.01. The van der Waals surface area contributed by atoms with Crippen molar-refractivity contribution < 1.29 is 4.79 Å². The quantitative estimate of drug-likeness (QED) is 0.798. The molecule has 0 saturated heterocycles.